The van der Waals surface area contributed by atoms with Crippen LogP contribution >= 0.6 is 0 Å². The first-order valence-corrected chi connectivity index (χ1v) is 6.43. The summed E-state index contributed by atoms with van der Waals surface area (Å²) in [6, 6.07) is 0. The Morgan fingerprint density at radius 3 is 2.21 bits per heavy atom. The molecule has 1 rings (SSSR count). The fourth-order valence-electron chi connectivity index (χ4n) is 2.51. The van der Waals surface area contributed by atoms with Gasteiger partial charge in [0.15, 0.2) is 0 Å². The van der Waals surface area contributed by atoms with Crippen LogP contribution in [-0.2, 0) is 0 Å². The summed E-state index contributed by atoms with van der Waals surface area (Å²) in [5.74, 6) is 1.11. The molecule has 1 aliphatic rings. The smallest absolute Gasteiger partial charge is 1.00 e. The summed E-state index contributed by atoms with van der Waals surface area (Å²) in [6.07, 6.45) is 16.4. The zero-order valence-electron chi connectivity index (χ0n) is 11.4. The molecule has 0 nitrogen and oxygen atoms in total. The fraction of sp³-hybridized carbons (Fsp3) is 1.00. The van der Waals surface area contributed by atoms with E-state index in [1.54, 1.807) is 0 Å². The van der Waals surface area contributed by atoms with Crippen molar-refractivity contribution in [2.45, 2.75) is 77.6 Å². The summed E-state index contributed by atoms with van der Waals surface area (Å²) in [6.45, 7) is 2.29. The van der Waals surface area contributed by atoms with E-state index < -0.39 is 0 Å². The molecule has 14 heavy (non-hydrogen) atoms. The van der Waals surface area contributed by atoms with Crippen LogP contribution in [0.4, 0.5) is 0 Å². The molecule has 1 fully saturated rings. The molecular weight excluding hydrogens is 163 g/mol. The Morgan fingerprint density at radius 2 is 1.57 bits per heavy atom. The second-order valence-electron chi connectivity index (χ2n) is 4.71. The van der Waals surface area contributed by atoms with Crippen molar-refractivity contribution in [3.8, 4) is 0 Å². The molecule has 1 aliphatic carbocycles. The third kappa shape index (κ3) is 6.96. The SMILES string of the molecule is CCCCCCCC1CCCCC1.[H-].[Li+]. The third-order valence-electron chi connectivity index (χ3n) is 3.44. The van der Waals surface area contributed by atoms with Crippen molar-refractivity contribution in [2.24, 2.45) is 5.92 Å². The van der Waals surface area contributed by atoms with Crippen molar-refractivity contribution in [3.05, 3.63) is 0 Å². The minimum atomic E-state index is 0. The van der Waals surface area contributed by atoms with Gasteiger partial charge in [-0.15, -0.1) is 0 Å². The molecule has 0 aliphatic heterocycles. The van der Waals surface area contributed by atoms with Crippen LogP contribution in [-0.4, -0.2) is 0 Å². The minimum Gasteiger partial charge on any atom is -1.00 e. The van der Waals surface area contributed by atoms with Gasteiger partial charge in [-0.05, 0) is 5.92 Å². The first-order chi connectivity index (χ1) is 6.43. The van der Waals surface area contributed by atoms with Crippen LogP contribution in [0.15, 0.2) is 0 Å². The van der Waals surface area contributed by atoms with E-state index in [0.29, 0.717) is 0 Å². The Hall–Kier alpha value is 0.597. The number of hydrogen-bond acceptors (Lipinski definition) is 0. The standard InChI is InChI=1S/C13H26.Li.H/c1-2-3-4-5-7-10-13-11-8-6-9-12-13;;/h13H,2-12H2,1H3;;/q;+1;-1. The molecule has 80 valence electrons. The van der Waals surface area contributed by atoms with Crippen molar-refractivity contribution in [1.29, 1.82) is 0 Å². The molecule has 0 heterocycles. The average Bonchev–Trinajstić information content (AvgIpc) is 2.19. The Labute approximate surface area is 104 Å². The molecule has 0 unspecified atom stereocenters. The third-order valence-corrected chi connectivity index (χ3v) is 3.44. The van der Waals surface area contributed by atoms with Crippen LogP contribution in [0, 0.1) is 5.92 Å². The molecular formula is C13H27Li. The van der Waals surface area contributed by atoms with Crippen molar-refractivity contribution < 1.29 is 20.3 Å². The number of rotatable bonds is 6. The van der Waals surface area contributed by atoms with Gasteiger partial charge in [0.25, 0.3) is 0 Å². The van der Waals surface area contributed by atoms with Crippen LogP contribution in [0.1, 0.15) is 79.0 Å². The van der Waals surface area contributed by atoms with Gasteiger partial charge in [-0.3, -0.25) is 0 Å². The molecule has 0 atom stereocenters. The van der Waals surface area contributed by atoms with Gasteiger partial charge >= 0.3 is 18.9 Å². The van der Waals surface area contributed by atoms with Crippen LogP contribution in [0.2, 0.25) is 0 Å². The molecule has 0 bridgehead atoms. The van der Waals surface area contributed by atoms with Gasteiger partial charge in [0.05, 0.1) is 0 Å². The molecule has 0 aromatic rings. The first-order valence-electron chi connectivity index (χ1n) is 6.43. The van der Waals surface area contributed by atoms with Gasteiger partial charge in [-0.2, -0.15) is 0 Å². The van der Waals surface area contributed by atoms with Crippen molar-refractivity contribution in [3.63, 3.8) is 0 Å². The Balaban J connectivity index is 0. The Kier molecular flexibility index (Phi) is 10.6. The van der Waals surface area contributed by atoms with Gasteiger partial charge in [-0.25, -0.2) is 0 Å². The largest absolute Gasteiger partial charge is 1.00 e. The summed E-state index contributed by atoms with van der Waals surface area (Å²) < 4.78 is 0. The van der Waals surface area contributed by atoms with Gasteiger partial charge in [0.1, 0.15) is 0 Å². The summed E-state index contributed by atoms with van der Waals surface area (Å²) in [4.78, 5) is 0. The molecule has 1 heteroatoms. The molecule has 0 saturated heterocycles. The summed E-state index contributed by atoms with van der Waals surface area (Å²) in [7, 11) is 0. The van der Waals surface area contributed by atoms with E-state index >= 15 is 0 Å². The molecule has 0 N–H and O–H groups in total. The van der Waals surface area contributed by atoms with E-state index in [9.17, 15) is 0 Å². The average molecular weight is 190 g/mol. The van der Waals surface area contributed by atoms with Crippen molar-refractivity contribution >= 4 is 0 Å². The van der Waals surface area contributed by atoms with Crippen LogP contribution < -0.4 is 18.9 Å². The zero-order valence-corrected chi connectivity index (χ0v) is 10.4. The Morgan fingerprint density at radius 1 is 0.929 bits per heavy atom. The van der Waals surface area contributed by atoms with E-state index in [4.69, 9.17) is 0 Å². The van der Waals surface area contributed by atoms with Gasteiger partial charge in [0.2, 0.25) is 0 Å². The maximum Gasteiger partial charge on any atom is 1.00 e. The van der Waals surface area contributed by atoms with Crippen molar-refractivity contribution in [1.82, 2.24) is 0 Å². The monoisotopic (exact) mass is 190 g/mol. The van der Waals surface area contributed by atoms with E-state index in [2.05, 4.69) is 6.92 Å². The van der Waals surface area contributed by atoms with E-state index in [0.717, 1.165) is 5.92 Å². The van der Waals surface area contributed by atoms with Crippen LogP contribution in [0.5, 0.6) is 0 Å². The van der Waals surface area contributed by atoms with Crippen LogP contribution in [0.3, 0.4) is 0 Å². The van der Waals surface area contributed by atoms with Gasteiger partial charge in [-0.1, -0.05) is 77.6 Å². The molecule has 0 radical (unpaired) electrons. The second kappa shape index (κ2) is 10.1. The predicted molar refractivity (Wildman–Crippen MR) is 61.1 cm³/mol. The molecule has 0 amide bonds. The van der Waals surface area contributed by atoms with E-state index in [1.165, 1.54) is 70.6 Å². The van der Waals surface area contributed by atoms with Gasteiger partial charge in [0, 0.05) is 0 Å². The molecule has 0 aromatic heterocycles. The summed E-state index contributed by atoms with van der Waals surface area (Å²) >= 11 is 0. The fourth-order valence-corrected chi connectivity index (χ4v) is 2.51. The second-order valence-corrected chi connectivity index (χ2v) is 4.71. The summed E-state index contributed by atoms with van der Waals surface area (Å²) in [5, 5.41) is 0. The molecule has 0 spiro atoms. The van der Waals surface area contributed by atoms with Gasteiger partial charge < -0.3 is 1.43 Å². The first kappa shape index (κ1) is 14.6. The van der Waals surface area contributed by atoms with Crippen LogP contribution in [0.25, 0.3) is 0 Å². The number of hydrogen-bond donors (Lipinski definition) is 0. The number of unbranched alkanes of at least 4 members (excludes halogenated alkanes) is 4. The van der Waals surface area contributed by atoms with E-state index in [1.807, 2.05) is 0 Å². The normalized spacial score (nSPS) is 17.8. The predicted octanol–water partition coefficient (Wildman–Crippen LogP) is 2.04. The quantitative estimate of drug-likeness (QED) is 0.444. The maximum absolute atomic E-state index is 2.29. The molecule has 1 saturated carbocycles. The Bertz CT molecular complexity index is 111. The topological polar surface area (TPSA) is 0 Å². The summed E-state index contributed by atoms with van der Waals surface area (Å²) in [5.41, 5.74) is 0. The van der Waals surface area contributed by atoms with Crippen molar-refractivity contribution in [2.75, 3.05) is 0 Å². The molecule has 0 aromatic carbocycles. The maximum atomic E-state index is 2.29. The minimum absolute atomic E-state index is 0. The van der Waals surface area contributed by atoms with E-state index in [-0.39, 0.29) is 20.3 Å². The zero-order chi connectivity index (χ0) is 9.36.